The van der Waals surface area contributed by atoms with Crippen LogP contribution in [0, 0.1) is 0 Å². The molecule has 1 amide bonds. The number of imidazole rings is 1. The van der Waals surface area contributed by atoms with Crippen molar-refractivity contribution in [3.63, 3.8) is 0 Å². The summed E-state index contributed by atoms with van der Waals surface area (Å²) in [4.78, 5) is 18.9. The van der Waals surface area contributed by atoms with Gasteiger partial charge in [0.15, 0.2) is 5.16 Å². The van der Waals surface area contributed by atoms with Gasteiger partial charge in [0.25, 0.3) is 0 Å². The van der Waals surface area contributed by atoms with Crippen molar-refractivity contribution in [2.75, 3.05) is 12.3 Å². The van der Waals surface area contributed by atoms with Gasteiger partial charge in [-0.05, 0) is 18.2 Å². The SMILES string of the molecule is C=CCNC(=O)CSc1nc2ccc(Cl)cc2[nH]1. The van der Waals surface area contributed by atoms with Crippen molar-refractivity contribution in [2.24, 2.45) is 0 Å². The second kappa shape index (κ2) is 5.93. The van der Waals surface area contributed by atoms with Crippen molar-refractivity contribution >= 4 is 40.3 Å². The van der Waals surface area contributed by atoms with Crippen molar-refractivity contribution in [2.45, 2.75) is 5.16 Å². The first-order valence-electron chi connectivity index (χ1n) is 5.34. The molecule has 0 fully saturated rings. The van der Waals surface area contributed by atoms with E-state index in [1.54, 1.807) is 12.1 Å². The molecule has 0 radical (unpaired) electrons. The van der Waals surface area contributed by atoms with Crippen LogP contribution in [0.2, 0.25) is 5.02 Å². The minimum atomic E-state index is -0.0432. The fourth-order valence-corrected chi connectivity index (χ4v) is 2.28. The molecule has 1 heterocycles. The van der Waals surface area contributed by atoms with Gasteiger partial charge in [0, 0.05) is 11.6 Å². The molecule has 1 aromatic carbocycles. The van der Waals surface area contributed by atoms with Gasteiger partial charge in [0.05, 0.1) is 16.8 Å². The Hall–Kier alpha value is -1.46. The highest BCUT2D eigenvalue weighted by Crippen LogP contribution is 2.21. The quantitative estimate of drug-likeness (QED) is 0.654. The first-order valence-corrected chi connectivity index (χ1v) is 6.71. The molecule has 2 aromatic rings. The van der Waals surface area contributed by atoms with Gasteiger partial charge in [-0.15, -0.1) is 6.58 Å². The van der Waals surface area contributed by atoms with E-state index in [0.29, 0.717) is 22.5 Å². The Morgan fingerprint density at radius 2 is 2.44 bits per heavy atom. The normalized spacial score (nSPS) is 10.5. The lowest BCUT2D eigenvalue weighted by Crippen LogP contribution is -2.24. The molecule has 0 atom stereocenters. The summed E-state index contributed by atoms with van der Waals surface area (Å²) in [6.45, 7) is 4.02. The third-order valence-corrected chi connectivity index (χ3v) is 3.31. The predicted molar refractivity (Wildman–Crippen MR) is 75.0 cm³/mol. The van der Waals surface area contributed by atoms with Crippen molar-refractivity contribution in [3.8, 4) is 0 Å². The molecule has 2 N–H and O–H groups in total. The number of hydrogen-bond acceptors (Lipinski definition) is 3. The van der Waals surface area contributed by atoms with Crippen LogP contribution in [0.1, 0.15) is 0 Å². The van der Waals surface area contributed by atoms with Gasteiger partial charge in [-0.3, -0.25) is 4.79 Å². The fraction of sp³-hybridized carbons (Fsp3) is 0.167. The Morgan fingerprint density at radius 3 is 3.22 bits per heavy atom. The van der Waals surface area contributed by atoms with E-state index in [2.05, 4.69) is 21.9 Å². The fourth-order valence-electron chi connectivity index (χ4n) is 1.40. The van der Waals surface area contributed by atoms with Gasteiger partial charge in [-0.25, -0.2) is 4.98 Å². The van der Waals surface area contributed by atoms with Crippen LogP contribution < -0.4 is 5.32 Å². The third kappa shape index (κ3) is 3.27. The van der Waals surface area contributed by atoms with Crippen molar-refractivity contribution in [1.82, 2.24) is 15.3 Å². The smallest absolute Gasteiger partial charge is 0.230 e. The zero-order valence-corrected chi connectivity index (χ0v) is 11.1. The molecule has 0 bridgehead atoms. The molecule has 0 spiro atoms. The summed E-state index contributed by atoms with van der Waals surface area (Å²) in [6.07, 6.45) is 1.64. The molecule has 0 unspecified atom stereocenters. The standard InChI is InChI=1S/C12H12ClN3OS/c1-2-5-14-11(17)7-18-12-15-9-4-3-8(13)6-10(9)16-12/h2-4,6H,1,5,7H2,(H,14,17)(H,15,16). The maximum atomic E-state index is 11.4. The monoisotopic (exact) mass is 281 g/mol. The van der Waals surface area contributed by atoms with Crippen LogP contribution in [0.15, 0.2) is 36.0 Å². The minimum absolute atomic E-state index is 0.0432. The van der Waals surface area contributed by atoms with Crippen LogP contribution in [-0.2, 0) is 4.79 Å². The number of fused-ring (bicyclic) bond motifs is 1. The van der Waals surface area contributed by atoms with Crippen molar-refractivity contribution in [3.05, 3.63) is 35.9 Å². The molecule has 0 saturated carbocycles. The predicted octanol–water partition coefficient (Wildman–Crippen LogP) is 2.61. The van der Waals surface area contributed by atoms with E-state index in [4.69, 9.17) is 11.6 Å². The first-order chi connectivity index (χ1) is 8.69. The number of rotatable bonds is 5. The van der Waals surface area contributed by atoms with Crippen LogP contribution in [0.5, 0.6) is 0 Å². The highest BCUT2D eigenvalue weighted by atomic mass is 35.5. The number of nitrogens with one attached hydrogen (secondary N) is 2. The van der Waals surface area contributed by atoms with Gasteiger partial charge < -0.3 is 10.3 Å². The van der Waals surface area contributed by atoms with E-state index >= 15 is 0 Å². The molecular weight excluding hydrogens is 270 g/mol. The Bertz CT molecular complexity index is 582. The second-order valence-corrected chi connectivity index (χ2v) is 4.99. The molecule has 0 saturated heterocycles. The van der Waals surface area contributed by atoms with Crippen LogP contribution >= 0.6 is 23.4 Å². The Kier molecular flexibility index (Phi) is 4.28. The van der Waals surface area contributed by atoms with E-state index in [9.17, 15) is 4.79 Å². The number of thioether (sulfide) groups is 1. The summed E-state index contributed by atoms with van der Waals surface area (Å²) in [5, 5.41) is 4.07. The molecule has 0 aliphatic rings. The van der Waals surface area contributed by atoms with Crippen LogP contribution in [-0.4, -0.2) is 28.2 Å². The summed E-state index contributed by atoms with van der Waals surface area (Å²) >= 11 is 7.24. The number of benzene rings is 1. The molecular formula is C12H12ClN3OS. The highest BCUT2D eigenvalue weighted by molar-refractivity contribution is 7.99. The number of carbonyl (C=O) groups excluding carboxylic acids is 1. The molecule has 94 valence electrons. The van der Waals surface area contributed by atoms with Gasteiger partial charge in [0.1, 0.15) is 0 Å². The van der Waals surface area contributed by atoms with Gasteiger partial charge in [0.2, 0.25) is 5.91 Å². The Morgan fingerprint density at radius 1 is 1.61 bits per heavy atom. The van der Waals surface area contributed by atoms with Crippen LogP contribution in [0.3, 0.4) is 0 Å². The maximum Gasteiger partial charge on any atom is 0.230 e. The van der Waals surface area contributed by atoms with E-state index in [-0.39, 0.29) is 5.91 Å². The third-order valence-electron chi connectivity index (χ3n) is 2.21. The second-order valence-electron chi connectivity index (χ2n) is 3.58. The lowest BCUT2D eigenvalue weighted by atomic mass is 10.3. The summed E-state index contributed by atoms with van der Waals surface area (Å²) in [6, 6.07) is 5.44. The summed E-state index contributed by atoms with van der Waals surface area (Å²) < 4.78 is 0. The topological polar surface area (TPSA) is 57.8 Å². The average molecular weight is 282 g/mol. The van der Waals surface area contributed by atoms with Crippen molar-refractivity contribution in [1.29, 1.82) is 0 Å². The molecule has 1 aromatic heterocycles. The lowest BCUT2D eigenvalue weighted by Gasteiger charge is -1.99. The molecule has 0 aliphatic heterocycles. The van der Waals surface area contributed by atoms with Crippen LogP contribution in [0.4, 0.5) is 0 Å². The van der Waals surface area contributed by atoms with E-state index in [0.717, 1.165) is 11.0 Å². The number of hydrogen-bond donors (Lipinski definition) is 2. The Labute approximate surface area is 114 Å². The number of H-pyrrole nitrogens is 1. The van der Waals surface area contributed by atoms with Gasteiger partial charge in [-0.2, -0.15) is 0 Å². The molecule has 2 rings (SSSR count). The summed E-state index contributed by atoms with van der Waals surface area (Å²) in [7, 11) is 0. The number of nitrogens with zero attached hydrogens (tertiary/aromatic N) is 1. The zero-order chi connectivity index (χ0) is 13.0. The van der Waals surface area contributed by atoms with Crippen molar-refractivity contribution < 1.29 is 4.79 Å². The number of carbonyl (C=O) groups is 1. The minimum Gasteiger partial charge on any atom is -0.352 e. The number of aromatic amines is 1. The molecule has 0 aliphatic carbocycles. The van der Waals surface area contributed by atoms with Crippen LogP contribution in [0.25, 0.3) is 11.0 Å². The lowest BCUT2D eigenvalue weighted by molar-refractivity contribution is -0.118. The number of amides is 1. The average Bonchev–Trinajstić information content (AvgIpc) is 2.75. The van der Waals surface area contributed by atoms with Gasteiger partial charge in [-0.1, -0.05) is 29.4 Å². The zero-order valence-electron chi connectivity index (χ0n) is 9.57. The van der Waals surface area contributed by atoms with E-state index < -0.39 is 0 Å². The summed E-state index contributed by atoms with van der Waals surface area (Å²) in [5.41, 5.74) is 1.71. The molecule has 4 nitrogen and oxygen atoms in total. The molecule has 18 heavy (non-hydrogen) atoms. The molecule has 6 heteroatoms. The highest BCUT2D eigenvalue weighted by Gasteiger charge is 2.06. The number of halogens is 1. The van der Waals surface area contributed by atoms with E-state index in [1.807, 2.05) is 12.1 Å². The van der Waals surface area contributed by atoms with Gasteiger partial charge >= 0.3 is 0 Å². The Balaban J connectivity index is 1.99. The van der Waals surface area contributed by atoms with E-state index in [1.165, 1.54) is 11.8 Å². The number of aromatic nitrogens is 2. The first kappa shape index (κ1) is 13.0. The maximum absolute atomic E-state index is 11.4. The summed E-state index contributed by atoms with van der Waals surface area (Å²) in [5.74, 6) is 0.278. The largest absolute Gasteiger partial charge is 0.352 e.